The first-order chi connectivity index (χ1) is 10.2. The lowest BCUT2D eigenvalue weighted by molar-refractivity contribution is 0.290. The maximum absolute atomic E-state index is 14.4. The molecule has 0 spiro atoms. The molecule has 0 amide bonds. The fourth-order valence-electron chi connectivity index (χ4n) is 1.99. The average molecular weight is 279 g/mol. The third kappa shape index (κ3) is 3.01. The molecule has 0 bridgehead atoms. The summed E-state index contributed by atoms with van der Waals surface area (Å²) in [6, 6.07) is 12.9. The van der Waals surface area contributed by atoms with E-state index in [9.17, 15) is 4.39 Å². The minimum Gasteiger partial charge on any atom is -0.486 e. The lowest BCUT2D eigenvalue weighted by Gasteiger charge is -2.12. The molecule has 0 atom stereocenters. The minimum absolute atomic E-state index is 0.0858. The summed E-state index contributed by atoms with van der Waals surface area (Å²) in [4.78, 5) is 0. The van der Waals surface area contributed by atoms with Crippen LogP contribution in [0.5, 0.6) is 5.75 Å². The van der Waals surface area contributed by atoms with E-state index in [1.54, 1.807) is 0 Å². The van der Waals surface area contributed by atoms with Gasteiger partial charge in [-0.05, 0) is 17.2 Å². The van der Waals surface area contributed by atoms with Crippen molar-refractivity contribution in [1.82, 2.24) is 0 Å². The van der Waals surface area contributed by atoms with Crippen LogP contribution in [0.1, 0.15) is 22.3 Å². The zero-order chi connectivity index (χ0) is 15.2. The first kappa shape index (κ1) is 14.5. The largest absolute Gasteiger partial charge is 0.486 e. The van der Waals surface area contributed by atoms with Gasteiger partial charge in [-0.2, -0.15) is 5.26 Å². The number of benzene rings is 2. The summed E-state index contributed by atoms with van der Waals surface area (Å²) in [6.45, 7) is 7.44. The van der Waals surface area contributed by atoms with Crippen molar-refractivity contribution < 1.29 is 9.13 Å². The number of hydrogen-bond acceptors (Lipinski definition) is 2. The second-order valence-electron chi connectivity index (χ2n) is 4.36. The Labute approximate surface area is 123 Å². The van der Waals surface area contributed by atoms with E-state index < -0.39 is 5.82 Å². The number of halogens is 1. The van der Waals surface area contributed by atoms with Gasteiger partial charge >= 0.3 is 0 Å². The number of rotatable bonds is 5. The maximum atomic E-state index is 14.4. The van der Waals surface area contributed by atoms with Gasteiger partial charge in [-0.15, -0.1) is 0 Å². The van der Waals surface area contributed by atoms with Crippen LogP contribution in [0.4, 0.5) is 4.39 Å². The Morgan fingerprint density at radius 1 is 1.19 bits per heavy atom. The molecular formula is C18H14FNO. The van der Waals surface area contributed by atoms with Crippen LogP contribution in [-0.2, 0) is 6.61 Å². The van der Waals surface area contributed by atoms with Crippen LogP contribution in [-0.4, -0.2) is 0 Å². The second-order valence-corrected chi connectivity index (χ2v) is 4.36. The molecule has 2 aromatic rings. The Hall–Kier alpha value is -2.86. The molecule has 0 saturated heterocycles. The van der Waals surface area contributed by atoms with Gasteiger partial charge in [0, 0.05) is 5.56 Å². The van der Waals surface area contributed by atoms with Gasteiger partial charge in [0.05, 0.1) is 5.56 Å². The van der Waals surface area contributed by atoms with Crippen LogP contribution < -0.4 is 4.74 Å². The molecule has 0 aromatic heterocycles. The fourth-order valence-corrected chi connectivity index (χ4v) is 1.99. The van der Waals surface area contributed by atoms with E-state index in [1.807, 2.05) is 36.4 Å². The monoisotopic (exact) mass is 279 g/mol. The highest BCUT2D eigenvalue weighted by atomic mass is 19.1. The highest BCUT2D eigenvalue weighted by Gasteiger charge is 2.16. The molecule has 0 aliphatic heterocycles. The van der Waals surface area contributed by atoms with Crippen LogP contribution in [0.2, 0.25) is 0 Å². The van der Waals surface area contributed by atoms with Crippen molar-refractivity contribution >= 4 is 12.2 Å². The molecule has 0 saturated carbocycles. The molecule has 104 valence electrons. The third-order valence-electron chi connectivity index (χ3n) is 3.07. The zero-order valence-electron chi connectivity index (χ0n) is 11.5. The molecule has 3 heteroatoms. The summed E-state index contributed by atoms with van der Waals surface area (Å²) < 4.78 is 19.9. The molecule has 0 radical (unpaired) electrons. The number of ether oxygens (including phenoxy) is 1. The number of nitrogens with zero attached hydrogens (tertiary/aromatic N) is 1. The molecule has 0 heterocycles. The standard InChI is InChI=1S/C18H14FNO/c1-3-14-10-17(18(19)15(4-2)16(14)11-20)21-12-13-8-6-5-7-9-13/h3-10H,1-2,12H2. The van der Waals surface area contributed by atoms with E-state index >= 15 is 0 Å². The van der Waals surface area contributed by atoms with Gasteiger partial charge in [0.1, 0.15) is 12.7 Å². The van der Waals surface area contributed by atoms with Gasteiger partial charge in [-0.25, -0.2) is 4.39 Å². The van der Waals surface area contributed by atoms with Crippen LogP contribution in [0.3, 0.4) is 0 Å². The molecule has 0 aliphatic rings. The average Bonchev–Trinajstić information content (AvgIpc) is 2.54. The second kappa shape index (κ2) is 6.53. The van der Waals surface area contributed by atoms with Crippen molar-refractivity contribution in [3.05, 3.63) is 77.6 Å². The molecule has 0 fully saturated rings. The summed E-state index contributed by atoms with van der Waals surface area (Å²) in [5.41, 5.74) is 1.81. The van der Waals surface area contributed by atoms with Crippen LogP contribution in [0.15, 0.2) is 49.6 Å². The van der Waals surface area contributed by atoms with Crippen molar-refractivity contribution in [2.24, 2.45) is 0 Å². The highest BCUT2D eigenvalue weighted by Crippen LogP contribution is 2.29. The van der Waals surface area contributed by atoms with Gasteiger partial charge < -0.3 is 4.74 Å². The van der Waals surface area contributed by atoms with Gasteiger partial charge in [-0.1, -0.05) is 55.6 Å². The topological polar surface area (TPSA) is 33.0 Å². The molecule has 21 heavy (non-hydrogen) atoms. The zero-order valence-corrected chi connectivity index (χ0v) is 11.5. The van der Waals surface area contributed by atoms with Gasteiger partial charge in [0.25, 0.3) is 0 Å². The van der Waals surface area contributed by atoms with Crippen LogP contribution in [0, 0.1) is 17.1 Å². The quantitative estimate of drug-likeness (QED) is 0.803. The van der Waals surface area contributed by atoms with Crippen molar-refractivity contribution in [3.63, 3.8) is 0 Å². The summed E-state index contributed by atoms with van der Waals surface area (Å²) in [5.74, 6) is -0.495. The van der Waals surface area contributed by atoms with E-state index in [2.05, 4.69) is 13.2 Å². The van der Waals surface area contributed by atoms with E-state index in [0.717, 1.165) is 5.56 Å². The summed E-state index contributed by atoms with van der Waals surface area (Å²) in [7, 11) is 0. The SMILES string of the molecule is C=Cc1cc(OCc2ccccc2)c(F)c(C=C)c1C#N. The summed E-state index contributed by atoms with van der Waals surface area (Å²) >= 11 is 0. The normalized spacial score (nSPS) is 9.71. The smallest absolute Gasteiger partial charge is 0.173 e. The van der Waals surface area contributed by atoms with E-state index in [-0.39, 0.29) is 23.5 Å². The molecule has 0 unspecified atom stereocenters. The van der Waals surface area contributed by atoms with E-state index in [1.165, 1.54) is 18.2 Å². The Morgan fingerprint density at radius 2 is 1.90 bits per heavy atom. The van der Waals surface area contributed by atoms with E-state index in [0.29, 0.717) is 5.56 Å². The first-order valence-corrected chi connectivity index (χ1v) is 6.39. The Balaban J connectivity index is 2.38. The van der Waals surface area contributed by atoms with Crippen molar-refractivity contribution in [2.45, 2.75) is 6.61 Å². The Kier molecular flexibility index (Phi) is 4.53. The van der Waals surface area contributed by atoms with Gasteiger partial charge in [-0.3, -0.25) is 0 Å². The maximum Gasteiger partial charge on any atom is 0.173 e. The predicted molar refractivity (Wildman–Crippen MR) is 82.1 cm³/mol. The molecule has 2 aromatic carbocycles. The minimum atomic E-state index is -0.580. The molecule has 0 N–H and O–H groups in total. The third-order valence-corrected chi connectivity index (χ3v) is 3.07. The highest BCUT2D eigenvalue weighted by molar-refractivity contribution is 5.69. The summed E-state index contributed by atoms with van der Waals surface area (Å²) in [5, 5.41) is 9.13. The van der Waals surface area contributed by atoms with Crippen LogP contribution >= 0.6 is 0 Å². The van der Waals surface area contributed by atoms with Crippen molar-refractivity contribution in [2.75, 3.05) is 0 Å². The van der Waals surface area contributed by atoms with E-state index in [4.69, 9.17) is 10.00 Å². The van der Waals surface area contributed by atoms with Gasteiger partial charge in [0.15, 0.2) is 11.6 Å². The predicted octanol–water partition coefficient (Wildman–Crippen LogP) is 4.56. The first-order valence-electron chi connectivity index (χ1n) is 6.39. The Bertz CT molecular complexity index is 714. The molecule has 0 aliphatic carbocycles. The number of hydrogen-bond donors (Lipinski definition) is 0. The fraction of sp³-hybridized carbons (Fsp3) is 0.0556. The molecule has 2 nitrogen and oxygen atoms in total. The summed E-state index contributed by atoms with van der Waals surface area (Å²) in [6.07, 6.45) is 2.82. The van der Waals surface area contributed by atoms with Crippen LogP contribution in [0.25, 0.3) is 12.2 Å². The number of nitriles is 1. The van der Waals surface area contributed by atoms with Crippen molar-refractivity contribution in [3.8, 4) is 11.8 Å². The molecular weight excluding hydrogens is 265 g/mol. The lowest BCUT2D eigenvalue weighted by Crippen LogP contribution is -2.01. The lowest BCUT2D eigenvalue weighted by atomic mass is 10.0. The van der Waals surface area contributed by atoms with Gasteiger partial charge in [0.2, 0.25) is 0 Å². The van der Waals surface area contributed by atoms with Crippen molar-refractivity contribution in [1.29, 1.82) is 5.26 Å². The molecule has 2 rings (SSSR count). The Morgan fingerprint density at radius 3 is 2.48 bits per heavy atom.